The van der Waals surface area contributed by atoms with E-state index in [2.05, 4.69) is 56.9 Å². The molecule has 0 unspecified atom stereocenters. The van der Waals surface area contributed by atoms with Crippen molar-refractivity contribution in [3.63, 3.8) is 0 Å². The van der Waals surface area contributed by atoms with Crippen LogP contribution < -0.4 is 16.8 Å². The molecule has 5 N–H and O–H groups in total. The first-order valence-corrected chi connectivity index (χ1v) is 15.8. The van der Waals surface area contributed by atoms with Crippen LogP contribution in [0.2, 0.25) is 0 Å². The molecule has 43 heavy (non-hydrogen) atoms. The van der Waals surface area contributed by atoms with Gasteiger partial charge in [0.15, 0.2) is 0 Å². The largest absolute Gasteiger partial charge is 0.486 e. The molecule has 0 aromatic rings. The highest BCUT2D eigenvalue weighted by Crippen LogP contribution is 2.58. The third-order valence-electron chi connectivity index (χ3n) is 7.31. The number of allylic oxidation sites excluding steroid dienone is 2. The van der Waals surface area contributed by atoms with Crippen LogP contribution in [-0.2, 0) is 14.0 Å². The summed E-state index contributed by atoms with van der Waals surface area (Å²) in [6, 6.07) is 0. The standard InChI is InChI=1S/C14H26BNO4.C10H16.2C3H5N.C2H6S.CH4.B/c1-12(2,3)18-11(17)16-10-8-9-15-19-13(4,5)14(6,7)20-15;1-7-4-5-8-6-9(7)10(8,2)3;2*1-2-3-4;1-3-2;;/h8-9H,10H2,1-7H3,(H,16,17);4,8-9H,5-6H2,1-3H3;2*1H,3-4H2;1-2H3;1H4;/b9-8+;;;;;;/t;8-,9-;;;;;/m.0...../s1. The lowest BCUT2D eigenvalue weighted by Crippen LogP contribution is -2.47. The summed E-state index contributed by atoms with van der Waals surface area (Å²) in [5.74, 6) is 8.14. The van der Waals surface area contributed by atoms with Crippen molar-refractivity contribution in [2.45, 2.75) is 106 Å². The normalized spacial score (nSPS) is 21.0. The lowest BCUT2D eigenvalue weighted by molar-refractivity contribution is -0.00579. The molecule has 0 spiro atoms. The maximum atomic E-state index is 11.4. The van der Waals surface area contributed by atoms with E-state index in [0.29, 0.717) is 25.0 Å². The van der Waals surface area contributed by atoms with Crippen molar-refractivity contribution in [1.82, 2.24) is 5.32 Å². The zero-order valence-corrected chi connectivity index (χ0v) is 29.2. The van der Waals surface area contributed by atoms with Crippen molar-refractivity contribution in [3.8, 4) is 24.7 Å². The molecule has 1 heterocycles. The van der Waals surface area contributed by atoms with Gasteiger partial charge in [-0.3, -0.25) is 0 Å². The van der Waals surface area contributed by atoms with E-state index in [0.717, 1.165) is 11.8 Å². The van der Waals surface area contributed by atoms with Crippen molar-refractivity contribution >= 4 is 33.4 Å². The Bertz CT molecular complexity index is 887. The zero-order valence-electron chi connectivity index (χ0n) is 28.4. The van der Waals surface area contributed by atoms with Gasteiger partial charge in [0.2, 0.25) is 0 Å². The molecule has 0 aromatic heterocycles. The molecular formula is C33H62B2N3O4S. The van der Waals surface area contributed by atoms with E-state index < -0.39 is 11.7 Å². The van der Waals surface area contributed by atoms with Crippen molar-refractivity contribution in [3.05, 3.63) is 23.7 Å². The molecule has 1 amide bonds. The maximum Gasteiger partial charge on any atom is 0.486 e. The summed E-state index contributed by atoms with van der Waals surface area (Å²) in [6.07, 6.45) is 20.0. The minimum atomic E-state index is -0.487. The third kappa shape index (κ3) is 18.6. The number of nitrogens with two attached hydrogens (primary N) is 2. The van der Waals surface area contributed by atoms with Crippen LogP contribution in [0.25, 0.3) is 0 Å². The molecule has 4 aliphatic rings. The lowest BCUT2D eigenvalue weighted by Gasteiger charge is -2.56. The van der Waals surface area contributed by atoms with E-state index >= 15 is 0 Å². The van der Waals surface area contributed by atoms with Gasteiger partial charge in [-0.05, 0) is 98.0 Å². The predicted octanol–water partition coefficient (Wildman–Crippen LogP) is 6.09. The van der Waals surface area contributed by atoms with Gasteiger partial charge < -0.3 is 30.8 Å². The Kier molecular flexibility index (Phi) is 25.4. The van der Waals surface area contributed by atoms with E-state index in [1.807, 2.05) is 61.0 Å². The highest BCUT2D eigenvalue weighted by Gasteiger charge is 2.50. The minimum Gasteiger partial charge on any atom is -0.444 e. The van der Waals surface area contributed by atoms with Gasteiger partial charge in [-0.25, -0.2) is 4.79 Å². The van der Waals surface area contributed by atoms with E-state index in [9.17, 15) is 4.79 Å². The van der Waals surface area contributed by atoms with Gasteiger partial charge in [0, 0.05) is 15.0 Å². The second kappa shape index (κ2) is 22.7. The molecule has 4 rings (SSSR count). The van der Waals surface area contributed by atoms with Crippen LogP contribution in [0.5, 0.6) is 0 Å². The van der Waals surface area contributed by atoms with Crippen LogP contribution in [0.3, 0.4) is 0 Å². The molecule has 2 fully saturated rings. The first-order chi connectivity index (χ1) is 18.8. The maximum absolute atomic E-state index is 11.4. The SMILES string of the molecule is C.C#CCN.C#CCN.CC(C)(C)OC(=O)NC/C=C/B1OC(C)(C)C(C)(C)O1.CC1=CC[C@H]2C[C@@H]1C2(C)C.CSC.[B]. The molecular weight excluding hydrogens is 556 g/mol. The average Bonchev–Trinajstić information content (AvgIpc) is 3.07. The first kappa shape index (κ1) is 48.1. The van der Waals surface area contributed by atoms with E-state index in [-0.39, 0.29) is 34.2 Å². The summed E-state index contributed by atoms with van der Waals surface area (Å²) in [4.78, 5) is 11.4. The topological polar surface area (TPSA) is 109 Å². The monoisotopic (exact) mass is 618 g/mol. The number of fused-ring (bicyclic) bond motifs is 1. The molecule has 10 heteroatoms. The highest BCUT2D eigenvalue weighted by molar-refractivity contribution is 7.97. The highest BCUT2D eigenvalue weighted by atomic mass is 32.2. The summed E-state index contributed by atoms with van der Waals surface area (Å²) in [6.45, 7) is 21.7. The number of thioether (sulfide) groups is 1. The Labute approximate surface area is 272 Å². The van der Waals surface area contributed by atoms with Crippen molar-refractivity contribution < 1.29 is 18.8 Å². The number of terminal acetylenes is 2. The van der Waals surface area contributed by atoms with Gasteiger partial charge in [-0.2, -0.15) is 11.8 Å². The predicted molar refractivity (Wildman–Crippen MR) is 191 cm³/mol. The summed E-state index contributed by atoms with van der Waals surface area (Å²) in [5, 5.41) is 2.65. The number of nitrogens with one attached hydrogen (secondary N) is 1. The smallest absolute Gasteiger partial charge is 0.444 e. The number of alkyl carbamates (subject to hydrolysis) is 1. The first-order valence-electron chi connectivity index (χ1n) is 14.1. The van der Waals surface area contributed by atoms with Crippen LogP contribution in [0.4, 0.5) is 4.79 Å². The molecule has 3 aliphatic carbocycles. The van der Waals surface area contributed by atoms with Crippen LogP contribution in [0.15, 0.2) is 23.7 Å². The fraction of sp³-hybridized carbons (Fsp3) is 0.727. The quantitative estimate of drug-likeness (QED) is 0.200. The molecule has 2 bridgehead atoms. The van der Waals surface area contributed by atoms with Gasteiger partial charge in [-0.1, -0.05) is 56.8 Å². The Balaban J connectivity index is -0.000000274. The Morgan fingerprint density at radius 3 is 1.81 bits per heavy atom. The molecule has 3 radical (unpaired) electrons. The summed E-state index contributed by atoms with van der Waals surface area (Å²) in [5.41, 5.74) is 10.7. The Morgan fingerprint density at radius 1 is 1.12 bits per heavy atom. The number of carbonyl (C=O) groups is 1. The van der Waals surface area contributed by atoms with Crippen molar-refractivity contribution in [2.75, 3.05) is 32.1 Å². The fourth-order valence-electron chi connectivity index (χ4n) is 4.26. The summed E-state index contributed by atoms with van der Waals surface area (Å²) in [7, 11) is -0.388. The summed E-state index contributed by atoms with van der Waals surface area (Å²) < 4.78 is 16.7. The van der Waals surface area contributed by atoms with Crippen LogP contribution >= 0.6 is 11.8 Å². The molecule has 1 aliphatic heterocycles. The Hall–Kier alpha value is -1.81. The third-order valence-corrected chi connectivity index (χ3v) is 7.31. The fourth-order valence-corrected chi connectivity index (χ4v) is 4.26. The van der Waals surface area contributed by atoms with Gasteiger partial charge >= 0.3 is 13.2 Å². The van der Waals surface area contributed by atoms with Crippen LogP contribution in [0, 0.1) is 41.9 Å². The van der Waals surface area contributed by atoms with Crippen molar-refractivity contribution in [1.29, 1.82) is 0 Å². The van der Waals surface area contributed by atoms with E-state index in [1.54, 1.807) is 29.4 Å². The van der Waals surface area contributed by atoms with E-state index in [4.69, 9.17) is 25.5 Å². The number of hydrogen-bond acceptors (Lipinski definition) is 7. The van der Waals surface area contributed by atoms with Gasteiger partial charge in [0.05, 0.1) is 24.3 Å². The van der Waals surface area contributed by atoms with E-state index in [1.165, 1.54) is 12.8 Å². The number of rotatable bonds is 3. The molecule has 0 aromatic carbocycles. The zero-order chi connectivity index (χ0) is 32.5. The van der Waals surface area contributed by atoms with Crippen LogP contribution in [-0.4, -0.2) is 70.6 Å². The number of ether oxygens (including phenoxy) is 1. The van der Waals surface area contributed by atoms with Crippen LogP contribution in [0.1, 0.15) is 89.5 Å². The molecule has 2 atom stereocenters. The lowest BCUT2D eigenvalue weighted by atomic mass is 9.49. The average molecular weight is 619 g/mol. The van der Waals surface area contributed by atoms with Crippen molar-refractivity contribution in [2.24, 2.45) is 28.7 Å². The van der Waals surface area contributed by atoms with Gasteiger partial charge in [0.25, 0.3) is 0 Å². The van der Waals surface area contributed by atoms with Gasteiger partial charge in [-0.15, -0.1) is 12.8 Å². The Morgan fingerprint density at radius 2 is 1.53 bits per heavy atom. The number of carbonyl (C=O) groups excluding carboxylic acids is 1. The second-order valence-electron chi connectivity index (χ2n) is 12.7. The van der Waals surface area contributed by atoms with Gasteiger partial charge in [0.1, 0.15) is 5.60 Å². The number of hydrogen-bond donors (Lipinski definition) is 3. The molecule has 245 valence electrons. The molecule has 7 nitrogen and oxygen atoms in total. The molecule has 1 saturated heterocycles. The molecule has 1 saturated carbocycles. The minimum absolute atomic E-state index is 0. The summed E-state index contributed by atoms with van der Waals surface area (Å²) >= 11 is 1.75. The second-order valence-corrected chi connectivity index (χ2v) is 13.5. The number of amides is 1.